The lowest BCUT2D eigenvalue weighted by Gasteiger charge is -2.30. The van der Waals surface area contributed by atoms with Gasteiger partial charge in [0.1, 0.15) is 5.75 Å². The quantitative estimate of drug-likeness (QED) is 0.742. The van der Waals surface area contributed by atoms with Crippen LogP contribution in [0.25, 0.3) is 0 Å². The molecule has 0 saturated heterocycles. The molecule has 1 saturated carbocycles. The van der Waals surface area contributed by atoms with Gasteiger partial charge in [-0.1, -0.05) is 31.0 Å². The van der Waals surface area contributed by atoms with Gasteiger partial charge in [-0.25, -0.2) is 0 Å². The molecule has 0 aliphatic heterocycles. The van der Waals surface area contributed by atoms with Crippen molar-refractivity contribution >= 4 is 0 Å². The summed E-state index contributed by atoms with van der Waals surface area (Å²) in [6, 6.07) is 9.79. The number of nitrogens with two attached hydrogens (primary N) is 1. The molecule has 3 heteroatoms. The molecule has 0 heterocycles. The van der Waals surface area contributed by atoms with Gasteiger partial charge in [0.05, 0.1) is 13.2 Å². The van der Waals surface area contributed by atoms with Crippen LogP contribution in [0.4, 0.5) is 0 Å². The maximum atomic E-state index is 9.61. The Morgan fingerprint density at radius 1 is 1.28 bits per heavy atom. The van der Waals surface area contributed by atoms with Crippen molar-refractivity contribution in [3.63, 3.8) is 0 Å². The van der Waals surface area contributed by atoms with Crippen molar-refractivity contribution in [2.75, 3.05) is 19.8 Å². The van der Waals surface area contributed by atoms with Gasteiger partial charge in [0.2, 0.25) is 0 Å². The molecule has 3 N–H and O–H groups in total. The monoisotopic (exact) mass is 249 g/mol. The molecule has 0 radical (unpaired) electrons. The summed E-state index contributed by atoms with van der Waals surface area (Å²) in [6.45, 7) is 1.32. The summed E-state index contributed by atoms with van der Waals surface area (Å²) in [4.78, 5) is 0. The van der Waals surface area contributed by atoms with Crippen molar-refractivity contribution in [3.05, 3.63) is 30.3 Å². The molecule has 0 bridgehead atoms. The zero-order valence-corrected chi connectivity index (χ0v) is 10.8. The lowest BCUT2D eigenvalue weighted by Crippen LogP contribution is -2.36. The summed E-state index contributed by atoms with van der Waals surface area (Å²) in [5.41, 5.74) is 5.72. The molecule has 18 heavy (non-hydrogen) atoms. The van der Waals surface area contributed by atoms with Gasteiger partial charge in [-0.2, -0.15) is 0 Å². The second kappa shape index (κ2) is 6.21. The van der Waals surface area contributed by atoms with Gasteiger partial charge in [0, 0.05) is 12.0 Å². The Balaban J connectivity index is 1.81. The Hall–Kier alpha value is -1.06. The highest BCUT2D eigenvalue weighted by molar-refractivity contribution is 5.20. The predicted octanol–water partition coefficient (Wildman–Crippen LogP) is 2.19. The average molecular weight is 249 g/mol. The van der Waals surface area contributed by atoms with Crippen LogP contribution in [0.5, 0.6) is 5.75 Å². The number of hydrogen-bond donors (Lipinski definition) is 2. The molecule has 0 amide bonds. The smallest absolute Gasteiger partial charge is 0.119 e. The predicted molar refractivity (Wildman–Crippen MR) is 72.5 cm³/mol. The van der Waals surface area contributed by atoms with E-state index in [0.29, 0.717) is 13.2 Å². The minimum atomic E-state index is -0.143. The highest BCUT2D eigenvalue weighted by Crippen LogP contribution is 2.41. The summed E-state index contributed by atoms with van der Waals surface area (Å²) < 4.78 is 5.70. The lowest BCUT2D eigenvalue weighted by atomic mass is 9.80. The van der Waals surface area contributed by atoms with E-state index in [4.69, 9.17) is 10.5 Å². The van der Waals surface area contributed by atoms with Gasteiger partial charge in [0.15, 0.2) is 0 Å². The van der Waals surface area contributed by atoms with Crippen LogP contribution in [-0.2, 0) is 0 Å². The number of rotatable bonds is 8. The SMILES string of the molecule is NCC(CO)(CCOc1ccccc1)CC1CC1. The Bertz CT molecular complexity index is 345. The molecule has 1 aromatic rings. The second-order valence-electron chi connectivity index (χ2n) is 5.42. The first-order valence-electron chi connectivity index (χ1n) is 6.77. The van der Waals surface area contributed by atoms with Crippen molar-refractivity contribution in [2.24, 2.45) is 17.1 Å². The number of benzene rings is 1. The van der Waals surface area contributed by atoms with Gasteiger partial charge in [0.25, 0.3) is 0 Å². The minimum Gasteiger partial charge on any atom is -0.494 e. The third kappa shape index (κ3) is 3.72. The first-order valence-corrected chi connectivity index (χ1v) is 6.77. The molecule has 0 spiro atoms. The minimum absolute atomic E-state index is 0.143. The van der Waals surface area contributed by atoms with Crippen molar-refractivity contribution < 1.29 is 9.84 Å². The number of hydrogen-bond acceptors (Lipinski definition) is 3. The summed E-state index contributed by atoms with van der Waals surface area (Å²) >= 11 is 0. The van der Waals surface area contributed by atoms with Crippen LogP contribution >= 0.6 is 0 Å². The topological polar surface area (TPSA) is 55.5 Å². The maximum Gasteiger partial charge on any atom is 0.119 e. The molecule has 1 unspecified atom stereocenters. The van der Waals surface area contributed by atoms with Gasteiger partial charge in [-0.3, -0.25) is 0 Å². The van der Waals surface area contributed by atoms with E-state index in [1.54, 1.807) is 0 Å². The van der Waals surface area contributed by atoms with Crippen LogP contribution in [0.1, 0.15) is 25.7 Å². The summed E-state index contributed by atoms with van der Waals surface area (Å²) in [6.07, 6.45) is 4.45. The Morgan fingerprint density at radius 3 is 2.56 bits per heavy atom. The Labute approximate surface area is 109 Å². The van der Waals surface area contributed by atoms with Gasteiger partial charge < -0.3 is 15.6 Å². The normalized spacial score (nSPS) is 18.3. The molecule has 100 valence electrons. The number of ether oxygens (including phenoxy) is 1. The molecule has 1 atom stereocenters. The van der Waals surface area contributed by atoms with Crippen molar-refractivity contribution in [1.82, 2.24) is 0 Å². The van der Waals surface area contributed by atoms with Crippen molar-refractivity contribution in [3.8, 4) is 5.75 Å². The first kappa shape index (κ1) is 13.4. The van der Waals surface area contributed by atoms with E-state index in [9.17, 15) is 5.11 Å². The third-order valence-corrected chi connectivity index (χ3v) is 3.83. The van der Waals surface area contributed by atoms with Crippen LogP contribution in [0.2, 0.25) is 0 Å². The van der Waals surface area contributed by atoms with E-state index < -0.39 is 0 Å². The molecule has 0 aromatic heterocycles. The number of aliphatic hydroxyl groups is 1. The summed E-state index contributed by atoms with van der Waals surface area (Å²) in [5.74, 6) is 1.66. The zero-order chi connectivity index (χ0) is 12.8. The van der Waals surface area contributed by atoms with Gasteiger partial charge in [-0.15, -0.1) is 0 Å². The van der Waals surface area contributed by atoms with E-state index in [0.717, 1.165) is 24.5 Å². The molecule has 2 rings (SSSR count). The molecule has 1 fully saturated rings. The van der Waals surface area contributed by atoms with Crippen LogP contribution in [0, 0.1) is 11.3 Å². The average Bonchev–Trinajstić information content (AvgIpc) is 3.23. The van der Waals surface area contributed by atoms with Gasteiger partial charge >= 0.3 is 0 Å². The lowest BCUT2D eigenvalue weighted by molar-refractivity contribution is 0.0882. The molecular formula is C15H23NO2. The Morgan fingerprint density at radius 2 is 2.00 bits per heavy atom. The molecule has 1 aliphatic carbocycles. The number of aliphatic hydroxyl groups excluding tert-OH is 1. The maximum absolute atomic E-state index is 9.61. The summed E-state index contributed by atoms with van der Waals surface area (Å²) in [7, 11) is 0. The zero-order valence-electron chi connectivity index (χ0n) is 10.8. The van der Waals surface area contributed by atoms with Crippen molar-refractivity contribution in [1.29, 1.82) is 0 Å². The Kier molecular flexibility index (Phi) is 4.61. The van der Waals surface area contributed by atoms with Crippen LogP contribution in [0.15, 0.2) is 30.3 Å². The fraction of sp³-hybridized carbons (Fsp3) is 0.600. The molecular weight excluding hydrogens is 226 g/mol. The van der Waals surface area contributed by atoms with E-state index in [1.807, 2.05) is 30.3 Å². The van der Waals surface area contributed by atoms with Crippen LogP contribution in [-0.4, -0.2) is 24.9 Å². The largest absolute Gasteiger partial charge is 0.494 e. The van der Waals surface area contributed by atoms with Crippen LogP contribution < -0.4 is 10.5 Å². The van der Waals surface area contributed by atoms with E-state index in [-0.39, 0.29) is 12.0 Å². The van der Waals surface area contributed by atoms with E-state index >= 15 is 0 Å². The fourth-order valence-corrected chi connectivity index (χ4v) is 2.33. The van der Waals surface area contributed by atoms with E-state index in [1.165, 1.54) is 12.8 Å². The molecule has 1 aliphatic rings. The van der Waals surface area contributed by atoms with E-state index in [2.05, 4.69) is 0 Å². The highest BCUT2D eigenvalue weighted by Gasteiger charge is 2.35. The fourth-order valence-electron chi connectivity index (χ4n) is 2.33. The van der Waals surface area contributed by atoms with Crippen molar-refractivity contribution in [2.45, 2.75) is 25.7 Å². The summed E-state index contributed by atoms with van der Waals surface area (Å²) in [5, 5.41) is 9.61. The van der Waals surface area contributed by atoms with Crippen LogP contribution in [0.3, 0.4) is 0 Å². The first-order chi connectivity index (χ1) is 8.78. The second-order valence-corrected chi connectivity index (χ2v) is 5.42. The molecule has 3 nitrogen and oxygen atoms in total. The number of para-hydroxylation sites is 1. The third-order valence-electron chi connectivity index (χ3n) is 3.83. The van der Waals surface area contributed by atoms with Gasteiger partial charge in [-0.05, 0) is 30.9 Å². The highest BCUT2D eigenvalue weighted by atomic mass is 16.5. The standard InChI is InChI=1S/C15H23NO2/c16-11-15(12-17,10-13-6-7-13)8-9-18-14-4-2-1-3-5-14/h1-5,13,17H,6-12,16H2. The molecule has 1 aromatic carbocycles.